The van der Waals surface area contributed by atoms with Gasteiger partial charge >= 0.3 is 0 Å². The molecule has 0 radical (unpaired) electrons. The third-order valence-electron chi connectivity index (χ3n) is 11.7. The van der Waals surface area contributed by atoms with Gasteiger partial charge in [-0.05, 0) is 29.2 Å². The molecule has 0 aliphatic carbocycles. The monoisotopic (exact) mass is 903 g/mol. The highest BCUT2D eigenvalue weighted by Crippen LogP contribution is 2.37. The molecule has 0 bridgehead atoms. The smallest absolute Gasteiger partial charge is 0.217 e. The van der Waals surface area contributed by atoms with Crippen LogP contribution >= 0.6 is 0 Å². The summed E-state index contributed by atoms with van der Waals surface area (Å²) in [5, 5.41) is 45.7. The van der Waals surface area contributed by atoms with E-state index in [1.165, 1.54) is 14.0 Å². The second-order valence-corrected chi connectivity index (χ2v) is 16.4. The summed E-state index contributed by atoms with van der Waals surface area (Å²) in [6, 6.07) is 37.5. The molecule has 4 aromatic carbocycles. The highest BCUT2D eigenvalue weighted by atomic mass is 16.8. The Kier molecular flexibility index (Phi) is 18.0. The molecule has 7 rings (SSSR count). The Balaban J connectivity index is 1.27. The molecule has 16 nitrogen and oxygen atoms in total. The van der Waals surface area contributed by atoms with E-state index in [9.17, 15) is 25.2 Å². The van der Waals surface area contributed by atoms with Crippen molar-refractivity contribution >= 4 is 5.91 Å². The predicted molar refractivity (Wildman–Crippen MR) is 232 cm³/mol. The summed E-state index contributed by atoms with van der Waals surface area (Å²) in [7, 11) is 1.40. The maximum atomic E-state index is 12.9. The van der Waals surface area contributed by atoms with Crippen LogP contribution < -0.4 is 5.32 Å². The van der Waals surface area contributed by atoms with Crippen molar-refractivity contribution in [2.45, 2.75) is 132 Å². The molecule has 0 aromatic heterocycles. The zero-order chi connectivity index (χ0) is 45.7. The number of hydrogen-bond donors (Lipinski definition) is 5. The van der Waals surface area contributed by atoms with E-state index in [2.05, 4.69) is 5.32 Å². The Morgan fingerprint density at radius 2 is 1.03 bits per heavy atom. The Hall–Kier alpha value is -4.21. The number of aliphatic hydroxyl groups is 4. The molecule has 5 N–H and O–H groups in total. The molecule has 352 valence electrons. The number of ether oxygens (including phenoxy) is 10. The van der Waals surface area contributed by atoms with E-state index >= 15 is 0 Å². The van der Waals surface area contributed by atoms with Crippen molar-refractivity contribution in [1.29, 1.82) is 0 Å². The van der Waals surface area contributed by atoms with Crippen molar-refractivity contribution < 1.29 is 72.6 Å². The number of hydrogen-bond acceptors (Lipinski definition) is 15. The molecule has 1 amide bonds. The van der Waals surface area contributed by atoms with Gasteiger partial charge in [0.25, 0.3) is 0 Å². The first-order valence-corrected chi connectivity index (χ1v) is 21.9. The minimum Gasteiger partial charge on any atom is -0.394 e. The van der Waals surface area contributed by atoms with Crippen LogP contribution in [0, 0.1) is 0 Å². The van der Waals surface area contributed by atoms with Crippen molar-refractivity contribution in [2.24, 2.45) is 0 Å². The van der Waals surface area contributed by atoms with Crippen LogP contribution in [0.1, 0.15) is 36.1 Å². The summed E-state index contributed by atoms with van der Waals surface area (Å²) in [4.78, 5) is 12.9. The van der Waals surface area contributed by atoms with Gasteiger partial charge < -0.3 is 73.1 Å². The van der Waals surface area contributed by atoms with Crippen LogP contribution in [0.15, 0.2) is 121 Å². The molecule has 3 aliphatic rings. The fourth-order valence-electron chi connectivity index (χ4n) is 8.29. The number of aliphatic hydroxyl groups excluding tert-OH is 4. The highest BCUT2D eigenvalue weighted by Gasteiger charge is 2.55. The summed E-state index contributed by atoms with van der Waals surface area (Å²) < 4.78 is 65.2. The van der Waals surface area contributed by atoms with Crippen molar-refractivity contribution in [3.05, 3.63) is 144 Å². The molecule has 15 atom stereocenters. The second kappa shape index (κ2) is 24.0. The van der Waals surface area contributed by atoms with E-state index < -0.39 is 105 Å². The number of carbonyl (C=O) groups is 1. The standard InChI is InChI=1S/C49H61NO15/c1-30-42(58-26-33-18-10-5-11-19-33)45(59-27-34-20-12-6-13-21-34)46(60-28-35-22-14-7-15-23-35)49(61-30)64-43-37(29-57-25-32-16-8-4-9-17-32)63-47(56-3)38(50-31(2)52)44(43)65-48-41(55)40(54)39(53)36(24-51)62-48/h4-23,30,36-49,51,53-55H,24-29H2,1-3H3,(H,50,52). The third-order valence-corrected chi connectivity index (χ3v) is 11.7. The van der Waals surface area contributed by atoms with Gasteiger partial charge in [0.1, 0.15) is 67.1 Å². The van der Waals surface area contributed by atoms with Crippen LogP contribution in [0.3, 0.4) is 0 Å². The van der Waals surface area contributed by atoms with E-state index in [0.29, 0.717) is 0 Å². The number of benzene rings is 4. The number of methoxy groups -OCH3 is 1. The number of carbonyl (C=O) groups excluding carboxylic acids is 1. The summed E-state index contributed by atoms with van der Waals surface area (Å²) in [5.74, 6) is -0.472. The predicted octanol–water partition coefficient (Wildman–Crippen LogP) is 3.15. The Morgan fingerprint density at radius 3 is 1.54 bits per heavy atom. The van der Waals surface area contributed by atoms with Gasteiger partial charge in [0.05, 0.1) is 45.7 Å². The maximum Gasteiger partial charge on any atom is 0.217 e. The van der Waals surface area contributed by atoms with Gasteiger partial charge in [0.2, 0.25) is 5.91 Å². The van der Waals surface area contributed by atoms with E-state index in [4.69, 9.17) is 47.4 Å². The fourth-order valence-corrected chi connectivity index (χ4v) is 8.29. The molecule has 65 heavy (non-hydrogen) atoms. The van der Waals surface area contributed by atoms with Crippen LogP contribution in [0.25, 0.3) is 0 Å². The first-order valence-electron chi connectivity index (χ1n) is 21.9. The van der Waals surface area contributed by atoms with Gasteiger partial charge in [-0.1, -0.05) is 121 Å². The first-order chi connectivity index (χ1) is 31.6. The Labute approximate surface area is 379 Å². The average molecular weight is 904 g/mol. The largest absolute Gasteiger partial charge is 0.394 e. The van der Waals surface area contributed by atoms with Crippen LogP contribution in [-0.2, 0) is 78.6 Å². The SMILES string of the molecule is COC1OC(COCc2ccccc2)C(OC2OC(C)C(OCc3ccccc3)C(OCc3ccccc3)C2OCc2ccccc2)C(OC2OC(CO)C(O)C(O)C2O)C1NC(C)=O. The Bertz CT molecular complexity index is 1980. The summed E-state index contributed by atoms with van der Waals surface area (Å²) >= 11 is 0. The summed E-state index contributed by atoms with van der Waals surface area (Å²) in [6.07, 6.45) is -17.2. The van der Waals surface area contributed by atoms with Crippen LogP contribution in [0.5, 0.6) is 0 Å². The Morgan fingerprint density at radius 1 is 0.554 bits per heavy atom. The van der Waals surface area contributed by atoms with Gasteiger partial charge in [-0.15, -0.1) is 0 Å². The van der Waals surface area contributed by atoms with E-state index in [-0.39, 0.29) is 33.0 Å². The molecular formula is C49H61NO15. The number of rotatable bonds is 20. The lowest BCUT2D eigenvalue weighted by Gasteiger charge is -2.51. The van der Waals surface area contributed by atoms with Crippen molar-refractivity contribution in [1.82, 2.24) is 5.32 Å². The summed E-state index contributed by atoms with van der Waals surface area (Å²) in [5.41, 5.74) is 3.64. The highest BCUT2D eigenvalue weighted by molar-refractivity contribution is 5.73. The summed E-state index contributed by atoms with van der Waals surface area (Å²) in [6.45, 7) is 3.18. The van der Waals surface area contributed by atoms with E-state index in [0.717, 1.165) is 22.3 Å². The topological polar surface area (TPSA) is 202 Å². The molecule has 3 heterocycles. The molecule has 16 heteroatoms. The fraction of sp³-hybridized carbons (Fsp3) is 0.490. The van der Waals surface area contributed by atoms with E-state index in [1.807, 2.05) is 128 Å². The third kappa shape index (κ3) is 12.8. The minimum atomic E-state index is -1.80. The maximum absolute atomic E-state index is 12.9. The van der Waals surface area contributed by atoms with Gasteiger partial charge in [-0.3, -0.25) is 4.79 Å². The molecular weight excluding hydrogens is 843 g/mol. The lowest BCUT2D eigenvalue weighted by molar-refractivity contribution is -0.378. The lowest BCUT2D eigenvalue weighted by Crippen LogP contribution is -2.70. The van der Waals surface area contributed by atoms with Gasteiger partial charge in [-0.25, -0.2) is 0 Å². The molecule has 15 unspecified atom stereocenters. The van der Waals surface area contributed by atoms with Crippen LogP contribution in [0.2, 0.25) is 0 Å². The number of nitrogens with one attached hydrogen (secondary N) is 1. The zero-order valence-electron chi connectivity index (χ0n) is 36.7. The molecule has 0 saturated carbocycles. The normalized spacial score (nSPS) is 32.8. The van der Waals surface area contributed by atoms with E-state index in [1.54, 1.807) is 0 Å². The van der Waals surface area contributed by atoms with Gasteiger partial charge in [0, 0.05) is 14.0 Å². The first kappa shape index (κ1) is 48.7. The minimum absolute atomic E-state index is 0.0880. The molecule has 0 spiro atoms. The van der Waals surface area contributed by atoms with Gasteiger partial charge in [-0.2, -0.15) is 0 Å². The van der Waals surface area contributed by atoms with Gasteiger partial charge in [0.15, 0.2) is 18.9 Å². The second-order valence-electron chi connectivity index (χ2n) is 16.4. The molecule has 3 aliphatic heterocycles. The average Bonchev–Trinajstić information content (AvgIpc) is 3.32. The van der Waals surface area contributed by atoms with Crippen molar-refractivity contribution in [2.75, 3.05) is 20.3 Å². The quantitative estimate of drug-likeness (QED) is 0.0866. The van der Waals surface area contributed by atoms with Crippen molar-refractivity contribution in [3.63, 3.8) is 0 Å². The molecule has 3 saturated heterocycles. The number of amides is 1. The van der Waals surface area contributed by atoms with Crippen LogP contribution in [-0.4, -0.2) is 139 Å². The zero-order valence-corrected chi connectivity index (χ0v) is 36.7. The van der Waals surface area contributed by atoms with Crippen LogP contribution in [0.4, 0.5) is 0 Å². The lowest BCUT2D eigenvalue weighted by atomic mass is 9.94. The molecule has 4 aromatic rings. The molecule has 3 fully saturated rings. The van der Waals surface area contributed by atoms with Crippen molar-refractivity contribution in [3.8, 4) is 0 Å².